The van der Waals surface area contributed by atoms with Crippen LogP contribution in [0.5, 0.6) is 0 Å². The third-order valence-corrected chi connectivity index (χ3v) is 4.78. The van der Waals surface area contributed by atoms with Crippen LogP contribution in [0.25, 0.3) is 0 Å². The molecule has 3 heteroatoms. The lowest BCUT2D eigenvalue weighted by atomic mass is 10.1. The molecule has 2 aromatic rings. The Balaban J connectivity index is 1.56. The van der Waals surface area contributed by atoms with Crippen molar-refractivity contribution in [2.45, 2.75) is 26.4 Å². The monoisotopic (exact) mass is 322 g/mol. The first kappa shape index (κ1) is 16.7. The summed E-state index contributed by atoms with van der Waals surface area (Å²) in [6.07, 6.45) is 0.969. The van der Waals surface area contributed by atoms with Gasteiger partial charge in [0.05, 0.1) is 5.92 Å². The SMILES string of the molecule is CCN(Cc1ccccc1)C(=O)C1CCN(Cc2ccccc2)C1. The van der Waals surface area contributed by atoms with E-state index in [0.29, 0.717) is 12.5 Å². The number of carbonyl (C=O) groups is 1. The van der Waals surface area contributed by atoms with E-state index in [2.05, 4.69) is 48.2 Å². The third kappa shape index (κ3) is 4.24. The molecule has 1 unspecified atom stereocenters. The molecule has 1 aliphatic heterocycles. The average Bonchev–Trinajstić information content (AvgIpc) is 3.09. The van der Waals surface area contributed by atoms with Gasteiger partial charge in [0.2, 0.25) is 5.91 Å². The maximum Gasteiger partial charge on any atom is 0.227 e. The summed E-state index contributed by atoms with van der Waals surface area (Å²) in [5, 5.41) is 0. The number of carbonyl (C=O) groups excluding carboxylic acids is 1. The Morgan fingerprint density at radius 3 is 2.29 bits per heavy atom. The van der Waals surface area contributed by atoms with Gasteiger partial charge in [-0.3, -0.25) is 9.69 Å². The number of hydrogen-bond donors (Lipinski definition) is 0. The molecule has 24 heavy (non-hydrogen) atoms. The molecule has 3 rings (SSSR count). The zero-order valence-electron chi connectivity index (χ0n) is 14.4. The van der Waals surface area contributed by atoms with Gasteiger partial charge in [-0.15, -0.1) is 0 Å². The lowest BCUT2D eigenvalue weighted by Crippen LogP contribution is -2.36. The molecule has 1 heterocycles. The number of nitrogens with zero attached hydrogens (tertiary/aromatic N) is 2. The van der Waals surface area contributed by atoms with Crippen LogP contribution in [-0.4, -0.2) is 35.3 Å². The van der Waals surface area contributed by atoms with Crippen molar-refractivity contribution in [3.8, 4) is 0 Å². The van der Waals surface area contributed by atoms with Crippen LogP contribution in [0.3, 0.4) is 0 Å². The second-order valence-electron chi connectivity index (χ2n) is 6.54. The lowest BCUT2D eigenvalue weighted by Gasteiger charge is -2.24. The molecular formula is C21H26N2O. The largest absolute Gasteiger partial charge is 0.338 e. The Morgan fingerprint density at radius 1 is 1.04 bits per heavy atom. The molecule has 3 nitrogen and oxygen atoms in total. The van der Waals surface area contributed by atoms with E-state index >= 15 is 0 Å². The number of likely N-dealkylation sites (tertiary alicyclic amines) is 1. The number of rotatable bonds is 6. The number of hydrogen-bond acceptors (Lipinski definition) is 2. The van der Waals surface area contributed by atoms with Crippen LogP contribution in [0.2, 0.25) is 0 Å². The highest BCUT2D eigenvalue weighted by atomic mass is 16.2. The second-order valence-corrected chi connectivity index (χ2v) is 6.54. The standard InChI is InChI=1S/C21H26N2O/c1-2-23(16-19-11-7-4-8-12-19)21(24)20-13-14-22(17-20)15-18-9-5-3-6-10-18/h3-12,20H,2,13-17H2,1H3. The fourth-order valence-corrected chi connectivity index (χ4v) is 3.43. The van der Waals surface area contributed by atoms with Gasteiger partial charge in [0.25, 0.3) is 0 Å². The normalized spacial score (nSPS) is 17.8. The van der Waals surface area contributed by atoms with Gasteiger partial charge in [0, 0.05) is 26.2 Å². The van der Waals surface area contributed by atoms with Crippen molar-refractivity contribution in [1.29, 1.82) is 0 Å². The Bertz CT molecular complexity index is 641. The fourth-order valence-electron chi connectivity index (χ4n) is 3.43. The van der Waals surface area contributed by atoms with Crippen molar-refractivity contribution in [1.82, 2.24) is 9.80 Å². The minimum absolute atomic E-state index is 0.136. The third-order valence-electron chi connectivity index (χ3n) is 4.78. The molecule has 2 aromatic carbocycles. The van der Waals surface area contributed by atoms with E-state index in [1.54, 1.807) is 0 Å². The maximum absolute atomic E-state index is 12.9. The van der Waals surface area contributed by atoms with Crippen LogP contribution < -0.4 is 0 Å². The molecule has 1 saturated heterocycles. The minimum atomic E-state index is 0.136. The first-order valence-electron chi connectivity index (χ1n) is 8.85. The highest BCUT2D eigenvalue weighted by molar-refractivity contribution is 5.79. The lowest BCUT2D eigenvalue weighted by molar-refractivity contribution is -0.135. The van der Waals surface area contributed by atoms with E-state index in [1.807, 2.05) is 29.2 Å². The summed E-state index contributed by atoms with van der Waals surface area (Å²) in [4.78, 5) is 17.3. The van der Waals surface area contributed by atoms with Gasteiger partial charge in [-0.1, -0.05) is 60.7 Å². The van der Waals surface area contributed by atoms with Gasteiger partial charge in [0.1, 0.15) is 0 Å². The van der Waals surface area contributed by atoms with Crippen molar-refractivity contribution >= 4 is 5.91 Å². The molecule has 0 N–H and O–H groups in total. The summed E-state index contributed by atoms with van der Waals surface area (Å²) >= 11 is 0. The predicted octanol–water partition coefficient (Wildman–Crippen LogP) is 3.56. The van der Waals surface area contributed by atoms with Crippen LogP contribution in [0.1, 0.15) is 24.5 Å². The quantitative estimate of drug-likeness (QED) is 0.812. The van der Waals surface area contributed by atoms with Gasteiger partial charge >= 0.3 is 0 Å². The molecule has 1 fully saturated rings. The second kappa shape index (κ2) is 8.11. The van der Waals surface area contributed by atoms with Crippen molar-refractivity contribution in [3.05, 3.63) is 71.8 Å². The van der Waals surface area contributed by atoms with Gasteiger partial charge in [0.15, 0.2) is 0 Å². The molecule has 1 atom stereocenters. The van der Waals surface area contributed by atoms with Crippen LogP contribution in [0, 0.1) is 5.92 Å². The van der Waals surface area contributed by atoms with Gasteiger partial charge in [-0.05, 0) is 31.0 Å². The van der Waals surface area contributed by atoms with Crippen LogP contribution in [0.4, 0.5) is 0 Å². The number of amides is 1. The molecule has 0 aliphatic carbocycles. The zero-order chi connectivity index (χ0) is 16.8. The van der Waals surface area contributed by atoms with E-state index in [9.17, 15) is 4.79 Å². The van der Waals surface area contributed by atoms with Gasteiger partial charge in [-0.2, -0.15) is 0 Å². The van der Waals surface area contributed by atoms with Crippen LogP contribution >= 0.6 is 0 Å². The highest BCUT2D eigenvalue weighted by Gasteiger charge is 2.30. The van der Waals surface area contributed by atoms with Crippen molar-refractivity contribution in [2.24, 2.45) is 5.92 Å². The minimum Gasteiger partial charge on any atom is -0.338 e. The summed E-state index contributed by atoms with van der Waals surface area (Å²) in [6, 6.07) is 20.8. The Morgan fingerprint density at radius 2 is 1.67 bits per heavy atom. The molecule has 0 spiro atoms. The summed E-state index contributed by atoms with van der Waals surface area (Å²) < 4.78 is 0. The molecule has 126 valence electrons. The Kier molecular flexibility index (Phi) is 5.65. The molecule has 0 bridgehead atoms. The van der Waals surface area contributed by atoms with Gasteiger partial charge < -0.3 is 4.90 Å². The van der Waals surface area contributed by atoms with E-state index < -0.39 is 0 Å². The maximum atomic E-state index is 12.9. The van der Waals surface area contributed by atoms with Crippen LogP contribution in [-0.2, 0) is 17.9 Å². The summed E-state index contributed by atoms with van der Waals surface area (Å²) in [6.45, 7) is 6.37. The molecule has 1 amide bonds. The van der Waals surface area contributed by atoms with E-state index in [4.69, 9.17) is 0 Å². The van der Waals surface area contributed by atoms with E-state index in [1.165, 1.54) is 11.1 Å². The smallest absolute Gasteiger partial charge is 0.227 e. The van der Waals surface area contributed by atoms with Crippen LogP contribution in [0.15, 0.2) is 60.7 Å². The van der Waals surface area contributed by atoms with Crippen molar-refractivity contribution in [2.75, 3.05) is 19.6 Å². The zero-order valence-corrected chi connectivity index (χ0v) is 14.4. The Hall–Kier alpha value is -2.13. The molecule has 1 aliphatic rings. The average molecular weight is 322 g/mol. The fraction of sp³-hybridized carbons (Fsp3) is 0.381. The summed E-state index contributed by atoms with van der Waals surface area (Å²) in [5.41, 5.74) is 2.52. The van der Waals surface area contributed by atoms with Crippen molar-refractivity contribution in [3.63, 3.8) is 0 Å². The first-order valence-corrected chi connectivity index (χ1v) is 8.85. The molecule has 0 saturated carbocycles. The van der Waals surface area contributed by atoms with Crippen molar-refractivity contribution < 1.29 is 4.79 Å². The topological polar surface area (TPSA) is 23.6 Å². The highest BCUT2D eigenvalue weighted by Crippen LogP contribution is 2.21. The van der Waals surface area contributed by atoms with Gasteiger partial charge in [-0.25, -0.2) is 0 Å². The summed E-state index contributed by atoms with van der Waals surface area (Å²) in [5.74, 6) is 0.439. The number of benzene rings is 2. The first-order chi connectivity index (χ1) is 11.8. The molecule has 0 radical (unpaired) electrons. The van der Waals surface area contributed by atoms with E-state index in [-0.39, 0.29) is 5.92 Å². The predicted molar refractivity (Wildman–Crippen MR) is 97.4 cm³/mol. The molecule has 0 aromatic heterocycles. The Labute approximate surface area is 144 Å². The molecular weight excluding hydrogens is 296 g/mol. The summed E-state index contributed by atoms with van der Waals surface area (Å²) in [7, 11) is 0. The van der Waals surface area contributed by atoms with E-state index in [0.717, 1.165) is 32.6 Å².